The zero-order chi connectivity index (χ0) is 24.9. The summed E-state index contributed by atoms with van der Waals surface area (Å²) in [6, 6.07) is 13.0. The molecular weight excluding hydrogens is 448 g/mol. The zero-order valence-electron chi connectivity index (χ0n) is 20.2. The van der Waals surface area contributed by atoms with Crippen molar-refractivity contribution in [3.05, 3.63) is 88.2 Å². The molecule has 4 aromatic rings. The van der Waals surface area contributed by atoms with Gasteiger partial charge in [0.1, 0.15) is 17.4 Å². The maximum Gasteiger partial charge on any atom is 0.253 e. The number of ether oxygens (including phenoxy) is 1. The number of hydrogen-bond donors (Lipinski definition) is 1. The van der Waals surface area contributed by atoms with Crippen LogP contribution in [0.5, 0.6) is 5.75 Å². The number of halogens is 2. The molecule has 35 heavy (non-hydrogen) atoms. The molecule has 1 amide bonds. The van der Waals surface area contributed by atoms with Crippen molar-refractivity contribution in [3.8, 4) is 16.9 Å². The maximum atomic E-state index is 14.6. The highest BCUT2D eigenvalue weighted by Crippen LogP contribution is 2.38. The summed E-state index contributed by atoms with van der Waals surface area (Å²) in [5, 5.41) is 7.79. The molecule has 0 fully saturated rings. The molecule has 7 heteroatoms. The van der Waals surface area contributed by atoms with Crippen LogP contribution in [0.2, 0.25) is 0 Å². The Morgan fingerprint density at radius 1 is 1.09 bits per heavy atom. The Balaban J connectivity index is 1.58. The van der Waals surface area contributed by atoms with Gasteiger partial charge in [-0.1, -0.05) is 32.0 Å². The van der Waals surface area contributed by atoms with E-state index in [1.165, 1.54) is 18.2 Å². The lowest BCUT2D eigenvalue weighted by Crippen LogP contribution is -2.29. The lowest BCUT2D eigenvalue weighted by Gasteiger charge is -2.19. The lowest BCUT2D eigenvalue weighted by atomic mass is 9.99. The van der Waals surface area contributed by atoms with Gasteiger partial charge in [-0.25, -0.2) is 13.3 Å². The molecule has 1 aliphatic carbocycles. The molecular formula is C28H27F2N3O2. The second-order valence-electron chi connectivity index (χ2n) is 9.23. The van der Waals surface area contributed by atoms with Gasteiger partial charge in [0, 0.05) is 5.56 Å². The number of rotatable bonds is 5. The van der Waals surface area contributed by atoms with Crippen LogP contribution in [0, 0.1) is 18.6 Å². The number of carbonyl (C=O) groups excluding carboxylic acids is 1. The molecule has 5 nitrogen and oxygen atoms in total. The quantitative estimate of drug-likeness (QED) is 0.377. The van der Waals surface area contributed by atoms with E-state index in [9.17, 15) is 13.6 Å². The summed E-state index contributed by atoms with van der Waals surface area (Å²) in [6.45, 7) is 5.67. The zero-order valence-corrected chi connectivity index (χ0v) is 20.2. The van der Waals surface area contributed by atoms with Crippen molar-refractivity contribution >= 4 is 11.4 Å². The smallest absolute Gasteiger partial charge is 0.253 e. The van der Waals surface area contributed by atoms with Gasteiger partial charge in [-0.05, 0) is 67.1 Å². The minimum Gasteiger partial charge on any atom is -0.496 e. The average molecular weight is 476 g/mol. The summed E-state index contributed by atoms with van der Waals surface area (Å²) in [6.07, 6.45) is 1.62. The first-order valence-corrected chi connectivity index (χ1v) is 11.7. The van der Waals surface area contributed by atoms with E-state index in [0.29, 0.717) is 28.0 Å². The topological polar surface area (TPSA) is 55.6 Å². The minimum absolute atomic E-state index is 0.0620. The number of carbonyl (C=O) groups is 1. The number of benzene rings is 2. The number of fused-ring (bicyclic) bond motifs is 2. The van der Waals surface area contributed by atoms with Crippen molar-refractivity contribution in [2.24, 2.45) is 0 Å². The number of pyridine rings is 1. The van der Waals surface area contributed by atoms with Gasteiger partial charge in [0.15, 0.2) is 0 Å². The second-order valence-corrected chi connectivity index (χ2v) is 9.23. The highest BCUT2D eigenvalue weighted by molar-refractivity contribution is 5.97. The molecule has 0 saturated carbocycles. The Morgan fingerprint density at radius 2 is 1.80 bits per heavy atom. The Morgan fingerprint density at radius 3 is 2.49 bits per heavy atom. The Bertz CT molecular complexity index is 1440. The van der Waals surface area contributed by atoms with Gasteiger partial charge in [0.2, 0.25) is 0 Å². The van der Waals surface area contributed by atoms with Crippen LogP contribution in [0.3, 0.4) is 0 Å². The third-order valence-electron chi connectivity index (χ3n) is 6.77. The van der Waals surface area contributed by atoms with Gasteiger partial charge in [0.25, 0.3) is 5.91 Å². The van der Waals surface area contributed by atoms with Crippen LogP contribution in [0.4, 0.5) is 8.78 Å². The van der Waals surface area contributed by atoms with Crippen LogP contribution < -0.4 is 10.1 Å². The van der Waals surface area contributed by atoms with E-state index in [1.54, 1.807) is 30.7 Å². The van der Waals surface area contributed by atoms with Gasteiger partial charge in [-0.2, -0.15) is 5.10 Å². The number of nitrogens with zero attached hydrogens (tertiary/aromatic N) is 2. The number of methoxy groups -OCH3 is 1. The van der Waals surface area contributed by atoms with Crippen LogP contribution in [-0.4, -0.2) is 22.6 Å². The van der Waals surface area contributed by atoms with Crippen LogP contribution in [0.25, 0.3) is 16.6 Å². The van der Waals surface area contributed by atoms with Gasteiger partial charge in [-0.15, -0.1) is 0 Å². The summed E-state index contributed by atoms with van der Waals surface area (Å²) in [5.74, 6) is -0.725. The predicted molar refractivity (Wildman–Crippen MR) is 131 cm³/mol. The van der Waals surface area contributed by atoms with E-state index >= 15 is 0 Å². The Hall–Kier alpha value is -3.74. The van der Waals surface area contributed by atoms with Crippen molar-refractivity contribution < 1.29 is 18.3 Å². The van der Waals surface area contributed by atoms with Crippen molar-refractivity contribution in [3.63, 3.8) is 0 Å². The largest absolute Gasteiger partial charge is 0.496 e. The molecule has 1 aliphatic rings. The number of aryl methyl sites for hydroxylation is 1. The highest BCUT2D eigenvalue weighted by atomic mass is 19.1. The van der Waals surface area contributed by atoms with Gasteiger partial charge in [0.05, 0.1) is 41.2 Å². The molecule has 1 N–H and O–H groups in total. The third-order valence-corrected chi connectivity index (χ3v) is 6.77. The van der Waals surface area contributed by atoms with Gasteiger partial charge >= 0.3 is 0 Å². The first-order valence-electron chi connectivity index (χ1n) is 11.7. The molecule has 1 atom stereocenters. The van der Waals surface area contributed by atoms with E-state index < -0.39 is 11.6 Å². The molecule has 0 saturated heterocycles. The fourth-order valence-corrected chi connectivity index (χ4v) is 5.24. The van der Waals surface area contributed by atoms with Crippen molar-refractivity contribution in [2.45, 2.75) is 45.6 Å². The number of nitrogens with one attached hydrogen (secondary N) is 1. The first-order chi connectivity index (χ1) is 16.8. The molecule has 180 valence electrons. The molecule has 5 rings (SSSR count). The lowest BCUT2D eigenvalue weighted by molar-refractivity contribution is 0.0934. The first kappa shape index (κ1) is 23.0. The van der Waals surface area contributed by atoms with Crippen LogP contribution in [0.1, 0.15) is 65.1 Å². The summed E-state index contributed by atoms with van der Waals surface area (Å²) < 4.78 is 36.4. The van der Waals surface area contributed by atoms with E-state index in [4.69, 9.17) is 4.74 Å². The summed E-state index contributed by atoms with van der Waals surface area (Å²) in [4.78, 5) is 13.5. The van der Waals surface area contributed by atoms with Crippen molar-refractivity contribution in [1.29, 1.82) is 0 Å². The predicted octanol–water partition coefficient (Wildman–Crippen LogP) is 6.14. The molecule has 2 aromatic heterocycles. The van der Waals surface area contributed by atoms with Crippen LogP contribution in [0.15, 0.2) is 48.5 Å². The van der Waals surface area contributed by atoms with E-state index in [0.717, 1.165) is 29.7 Å². The van der Waals surface area contributed by atoms with Crippen LogP contribution in [-0.2, 0) is 6.42 Å². The molecule has 0 bridgehead atoms. The summed E-state index contributed by atoms with van der Waals surface area (Å²) in [7, 11) is 1.65. The second kappa shape index (κ2) is 8.80. The number of aromatic nitrogens is 2. The normalized spacial score (nSPS) is 15.0. The summed E-state index contributed by atoms with van der Waals surface area (Å²) >= 11 is 0. The Kier molecular flexibility index (Phi) is 5.79. The van der Waals surface area contributed by atoms with Crippen molar-refractivity contribution in [1.82, 2.24) is 14.9 Å². The minimum atomic E-state index is -0.647. The maximum absolute atomic E-state index is 14.6. The third kappa shape index (κ3) is 3.75. The SMILES string of the molecule is COc1cccc2c1CCC2NC(=O)c1ccc2c(-c3c(F)cccc3F)c(C)nn2c1C(C)C. The molecule has 1 unspecified atom stereocenters. The Labute approximate surface area is 202 Å². The van der Waals surface area contributed by atoms with Gasteiger partial charge in [-0.3, -0.25) is 4.79 Å². The van der Waals surface area contributed by atoms with E-state index in [-0.39, 0.29) is 23.4 Å². The number of hydrogen-bond acceptors (Lipinski definition) is 3. The summed E-state index contributed by atoms with van der Waals surface area (Å²) in [5.41, 5.74) is 4.71. The standard InChI is InChI=1S/C28H27F2N3O2/c1-15(2)27-19(28(34)31-22-13-11-18-17(22)7-5-10-24(18)35-4)12-14-23-25(16(3)32-33(23)27)26-20(29)8-6-9-21(26)30/h5-10,12,14-15,22H,11,13H2,1-4H3,(H,31,34). The van der Waals surface area contributed by atoms with Crippen LogP contribution >= 0.6 is 0 Å². The molecule has 0 aliphatic heterocycles. The highest BCUT2D eigenvalue weighted by Gasteiger charge is 2.29. The van der Waals surface area contributed by atoms with E-state index in [1.807, 2.05) is 32.0 Å². The molecule has 0 spiro atoms. The molecule has 2 aromatic carbocycles. The average Bonchev–Trinajstić information content (AvgIpc) is 3.38. The fraction of sp³-hybridized carbons (Fsp3) is 0.286. The number of amides is 1. The molecule has 2 heterocycles. The molecule has 0 radical (unpaired) electrons. The van der Waals surface area contributed by atoms with Gasteiger partial charge < -0.3 is 10.1 Å². The fourth-order valence-electron chi connectivity index (χ4n) is 5.24. The van der Waals surface area contributed by atoms with E-state index in [2.05, 4.69) is 10.4 Å². The van der Waals surface area contributed by atoms with Crippen molar-refractivity contribution in [2.75, 3.05) is 7.11 Å². The monoisotopic (exact) mass is 475 g/mol.